The lowest BCUT2D eigenvalue weighted by Gasteiger charge is -2.22. The molecule has 3 aromatic rings. The van der Waals surface area contributed by atoms with Gasteiger partial charge in [0.15, 0.2) is 17.5 Å². The molecule has 2 aromatic carbocycles. The fourth-order valence-electron chi connectivity index (χ4n) is 3.04. The number of nitrogens with zero attached hydrogens (tertiary/aromatic N) is 2. The highest BCUT2D eigenvalue weighted by atomic mass is 32.1. The molecule has 1 aromatic heterocycles. The van der Waals surface area contributed by atoms with Crippen LogP contribution < -0.4 is 10.1 Å². The third-order valence-corrected chi connectivity index (χ3v) is 5.38. The van der Waals surface area contributed by atoms with Crippen molar-refractivity contribution in [2.45, 2.75) is 26.9 Å². The fourth-order valence-corrected chi connectivity index (χ4v) is 3.64. The van der Waals surface area contributed by atoms with Crippen molar-refractivity contribution in [2.24, 2.45) is 0 Å². The third kappa shape index (κ3) is 6.32. The molecule has 0 aliphatic heterocycles. The molecule has 0 aliphatic rings. The monoisotopic (exact) mass is 477 g/mol. The molecule has 0 fully saturated rings. The number of halogens is 3. The van der Waals surface area contributed by atoms with E-state index in [9.17, 15) is 22.8 Å². The van der Waals surface area contributed by atoms with Gasteiger partial charge in [-0.05, 0) is 43.7 Å². The van der Waals surface area contributed by atoms with Crippen molar-refractivity contribution in [3.05, 3.63) is 75.5 Å². The molecule has 0 aliphatic carbocycles. The number of aryl methyl sites for hydroxylation is 1. The van der Waals surface area contributed by atoms with Crippen LogP contribution in [0.4, 0.5) is 18.9 Å². The van der Waals surface area contributed by atoms with Gasteiger partial charge in [-0.25, -0.2) is 18.2 Å². The highest BCUT2D eigenvalue weighted by molar-refractivity contribution is 7.09. The Morgan fingerprint density at radius 1 is 1.15 bits per heavy atom. The molecule has 1 heterocycles. The van der Waals surface area contributed by atoms with Crippen molar-refractivity contribution in [3.63, 3.8) is 0 Å². The highest BCUT2D eigenvalue weighted by Crippen LogP contribution is 2.20. The first kappa shape index (κ1) is 24.2. The molecule has 6 nitrogen and oxygen atoms in total. The molecule has 0 spiro atoms. The minimum Gasteiger partial charge on any atom is -0.487 e. The number of hydrogen-bond donors (Lipinski definition) is 1. The van der Waals surface area contributed by atoms with E-state index < -0.39 is 41.5 Å². The number of benzene rings is 2. The molecular formula is C23H22F3N3O3S. The summed E-state index contributed by atoms with van der Waals surface area (Å²) < 4.78 is 46.1. The van der Waals surface area contributed by atoms with Crippen molar-refractivity contribution < 1.29 is 27.5 Å². The summed E-state index contributed by atoms with van der Waals surface area (Å²) in [6, 6.07) is 8.16. The summed E-state index contributed by atoms with van der Waals surface area (Å²) in [5.41, 5.74) is 0.584. The fraction of sp³-hybridized carbons (Fsp3) is 0.261. The van der Waals surface area contributed by atoms with Crippen molar-refractivity contribution in [1.29, 1.82) is 0 Å². The van der Waals surface area contributed by atoms with Crippen LogP contribution in [0.3, 0.4) is 0 Å². The second-order valence-corrected chi connectivity index (χ2v) is 8.23. The SMILES string of the molecule is CCCN(CC(=O)Nc1ccc(F)c(F)c1F)C(=O)c1cccc(OCc2csc(C)n2)c1. The Morgan fingerprint density at radius 3 is 2.64 bits per heavy atom. The summed E-state index contributed by atoms with van der Waals surface area (Å²) in [7, 11) is 0. The number of thiazole rings is 1. The molecule has 0 saturated carbocycles. The van der Waals surface area contributed by atoms with E-state index in [1.807, 2.05) is 19.2 Å². The zero-order valence-corrected chi connectivity index (χ0v) is 18.8. The Bertz CT molecular complexity index is 1150. The van der Waals surface area contributed by atoms with E-state index in [0.29, 0.717) is 23.8 Å². The molecule has 1 N–H and O–H groups in total. The summed E-state index contributed by atoms with van der Waals surface area (Å²) in [5, 5.41) is 5.00. The number of nitrogens with one attached hydrogen (secondary N) is 1. The maximum atomic E-state index is 13.8. The van der Waals surface area contributed by atoms with E-state index >= 15 is 0 Å². The van der Waals surface area contributed by atoms with Crippen LogP contribution in [0, 0.1) is 24.4 Å². The number of amides is 2. The molecule has 0 saturated heterocycles. The Labute approximate surface area is 193 Å². The van der Waals surface area contributed by atoms with Crippen molar-refractivity contribution >= 4 is 28.8 Å². The second-order valence-electron chi connectivity index (χ2n) is 7.17. The van der Waals surface area contributed by atoms with Crippen LogP contribution in [0.25, 0.3) is 0 Å². The molecule has 33 heavy (non-hydrogen) atoms. The van der Waals surface area contributed by atoms with E-state index in [0.717, 1.165) is 16.8 Å². The van der Waals surface area contributed by atoms with Crippen LogP contribution >= 0.6 is 11.3 Å². The number of ether oxygens (including phenoxy) is 1. The molecule has 10 heteroatoms. The van der Waals surface area contributed by atoms with E-state index in [1.165, 1.54) is 16.2 Å². The maximum Gasteiger partial charge on any atom is 0.254 e. The van der Waals surface area contributed by atoms with Gasteiger partial charge >= 0.3 is 0 Å². The van der Waals surface area contributed by atoms with Crippen LogP contribution in [0.5, 0.6) is 5.75 Å². The normalized spacial score (nSPS) is 10.7. The van der Waals surface area contributed by atoms with E-state index in [-0.39, 0.29) is 13.2 Å². The first-order valence-electron chi connectivity index (χ1n) is 10.1. The first-order valence-corrected chi connectivity index (χ1v) is 11.0. The van der Waals surface area contributed by atoms with Crippen LogP contribution in [0.1, 0.15) is 34.4 Å². The predicted molar refractivity (Wildman–Crippen MR) is 119 cm³/mol. The van der Waals surface area contributed by atoms with Gasteiger partial charge in [0.05, 0.1) is 16.4 Å². The Kier molecular flexibility index (Phi) is 8.05. The summed E-state index contributed by atoms with van der Waals surface area (Å²) in [6.45, 7) is 3.85. The van der Waals surface area contributed by atoms with E-state index in [2.05, 4.69) is 10.3 Å². The van der Waals surface area contributed by atoms with Crippen LogP contribution in [0.15, 0.2) is 41.8 Å². The lowest BCUT2D eigenvalue weighted by molar-refractivity contribution is -0.116. The molecule has 2 amide bonds. The van der Waals surface area contributed by atoms with E-state index in [4.69, 9.17) is 4.74 Å². The number of hydrogen-bond acceptors (Lipinski definition) is 5. The molecular weight excluding hydrogens is 455 g/mol. The van der Waals surface area contributed by atoms with Gasteiger partial charge in [-0.2, -0.15) is 0 Å². The zero-order chi connectivity index (χ0) is 24.0. The Hall–Kier alpha value is -3.40. The molecule has 0 unspecified atom stereocenters. The summed E-state index contributed by atoms with van der Waals surface area (Å²) in [6.07, 6.45) is 0.567. The smallest absolute Gasteiger partial charge is 0.254 e. The Morgan fingerprint density at radius 2 is 1.94 bits per heavy atom. The largest absolute Gasteiger partial charge is 0.487 e. The molecule has 174 valence electrons. The maximum absolute atomic E-state index is 13.8. The number of carbonyl (C=O) groups is 2. The van der Waals surface area contributed by atoms with Gasteiger partial charge in [0, 0.05) is 17.5 Å². The second kappa shape index (κ2) is 11.0. The lowest BCUT2D eigenvalue weighted by atomic mass is 10.1. The number of anilines is 1. The van der Waals surface area contributed by atoms with Gasteiger partial charge in [-0.15, -0.1) is 11.3 Å². The lowest BCUT2D eigenvalue weighted by Crippen LogP contribution is -2.38. The van der Waals surface area contributed by atoms with E-state index in [1.54, 1.807) is 24.3 Å². The van der Waals surface area contributed by atoms with Gasteiger partial charge in [-0.3, -0.25) is 9.59 Å². The van der Waals surface area contributed by atoms with Crippen LogP contribution in [-0.4, -0.2) is 34.8 Å². The van der Waals surface area contributed by atoms with Crippen molar-refractivity contribution in [3.8, 4) is 5.75 Å². The zero-order valence-electron chi connectivity index (χ0n) is 18.0. The molecule has 3 rings (SSSR count). The summed E-state index contributed by atoms with van der Waals surface area (Å²) in [5.74, 6) is -5.24. The number of aromatic nitrogens is 1. The molecule has 0 radical (unpaired) electrons. The average Bonchev–Trinajstić information content (AvgIpc) is 3.22. The first-order chi connectivity index (χ1) is 15.8. The predicted octanol–water partition coefficient (Wildman–Crippen LogP) is 4.94. The minimum absolute atomic E-state index is 0.253. The van der Waals surface area contributed by atoms with Gasteiger partial charge in [-0.1, -0.05) is 13.0 Å². The number of rotatable bonds is 9. The average molecular weight is 478 g/mol. The minimum atomic E-state index is -1.68. The molecule has 0 atom stereocenters. The van der Waals surface area contributed by atoms with Gasteiger partial charge in [0.2, 0.25) is 5.91 Å². The summed E-state index contributed by atoms with van der Waals surface area (Å²) >= 11 is 1.51. The summed E-state index contributed by atoms with van der Waals surface area (Å²) in [4.78, 5) is 31.0. The number of carbonyl (C=O) groups excluding carboxylic acids is 2. The topological polar surface area (TPSA) is 71.5 Å². The van der Waals surface area contributed by atoms with Crippen LogP contribution in [0.2, 0.25) is 0 Å². The van der Waals surface area contributed by atoms with Gasteiger partial charge in [0.1, 0.15) is 18.9 Å². The van der Waals surface area contributed by atoms with Crippen molar-refractivity contribution in [2.75, 3.05) is 18.4 Å². The third-order valence-electron chi connectivity index (χ3n) is 4.56. The molecule has 0 bridgehead atoms. The standard InChI is InChI=1S/C23H22F3N3O3S/c1-3-9-29(11-20(30)28-19-8-7-18(24)21(25)22(19)26)23(31)15-5-4-6-17(10-15)32-12-16-13-33-14(2)27-16/h4-8,10,13H,3,9,11-12H2,1-2H3,(H,28,30). The van der Waals surface area contributed by atoms with Gasteiger partial charge in [0.25, 0.3) is 5.91 Å². The van der Waals surface area contributed by atoms with Crippen LogP contribution in [-0.2, 0) is 11.4 Å². The quantitative estimate of drug-likeness (QED) is 0.443. The Balaban J connectivity index is 1.68. The highest BCUT2D eigenvalue weighted by Gasteiger charge is 2.21. The van der Waals surface area contributed by atoms with Crippen molar-refractivity contribution in [1.82, 2.24) is 9.88 Å². The van der Waals surface area contributed by atoms with Gasteiger partial charge < -0.3 is 15.0 Å².